The van der Waals surface area contributed by atoms with Gasteiger partial charge in [-0.05, 0) is 32.3 Å². The average molecular weight is 382 g/mol. The molecule has 1 amide bonds. The lowest BCUT2D eigenvalue weighted by atomic mass is 10.0. The predicted molar refractivity (Wildman–Crippen MR) is 96.4 cm³/mol. The Labute approximate surface area is 155 Å². The van der Waals surface area contributed by atoms with E-state index in [1.54, 1.807) is 22.9 Å². The summed E-state index contributed by atoms with van der Waals surface area (Å²) in [6.07, 6.45) is 4.19. The normalized spacial score (nSPS) is 15.5. The lowest BCUT2D eigenvalue weighted by Crippen LogP contribution is -2.39. The topological polar surface area (TPSA) is 75.4 Å². The first-order valence-electron chi connectivity index (χ1n) is 8.24. The van der Waals surface area contributed by atoms with Gasteiger partial charge in [-0.25, -0.2) is 4.79 Å². The van der Waals surface area contributed by atoms with Gasteiger partial charge in [0.1, 0.15) is 5.56 Å². The van der Waals surface area contributed by atoms with Crippen LogP contribution in [0.2, 0.25) is 5.02 Å². The van der Waals surface area contributed by atoms with Crippen LogP contribution in [0.5, 0.6) is 0 Å². The van der Waals surface area contributed by atoms with E-state index in [4.69, 9.17) is 16.7 Å². The third-order valence-corrected chi connectivity index (χ3v) is 5.99. The fourth-order valence-electron chi connectivity index (χ4n) is 3.23. The molecule has 0 aliphatic carbocycles. The minimum absolute atomic E-state index is 0.147. The molecule has 0 radical (unpaired) electrons. The third kappa shape index (κ3) is 4.04. The Bertz CT molecular complexity index is 778. The largest absolute Gasteiger partial charge is 0.478 e. The molecule has 134 valence electrons. The number of hydrogen-bond acceptors (Lipinski definition) is 4. The van der Waals surface area contributed by atoms with E-state index in [-0.39, 0.29) is 17.5 Å². The standard InChI is InChI=1S/C17H20ClN3O3S/c1-11-15(17(23)24)9-19-21(11)13-4-6-20(7-5-13)16(22)3-2-14-8-12(18)10-25-14/h8-10,13H,2-7H2,1H3,(H,23,24). The fourth-order valence-corrected chi connectivity index (χ4v) is 4.31. The molecule has 0 aromatic carbocycles. The molecule has 0 atom stereocenters. The van der Waals surface area contributed by atoms with E-state index in [2.05, 4.69) is 5.10 Å². The molecule has 1 fully saturated rings. The van der Waals surface area contributed by atoms with E-state index in [0.29, 0.717) is 25.2 Å². The number of carbonyl (C=O) groups is 2. The zero-order valence-corrected chi connectivity index (χ0v) is 15.5. The molecule has 2 aromatic heterocycles. The molecule has 0 saturated carbocycles. The van der Waals surface area contributed by atoms with Crippen molar-refractivity contribution in [3.05, 3.63) is 38.8 Å². The van der Waals surface area contributed by atoms with E-state index in [1.165, 1.54) is 6.20 Å². The number of likely N-dealkylation sites (tertiary alicyclic amines) is 1. The monoisotopic (exact) mass is 381 g/mol. The molecule has 2 aromatic rings. The molecular formula is C17H20ClN3O3S. The average Bonchev–Trinajstić information content (AvgIpc) is 3.18. The van der Waals surface area contributed by atoms with Crippen LogP contribution in [0.15, 0.2) is 17.6 Å². The molecule has 1 aliphatic heterocycles. The van der Waals surface area contributed by atoms with Crippen LogP contribution in [0, 0.1) is 6.92 Å². The van der Waals surface area contributed by atoms with Gasteiger partial charge >= 0.3 is 5.97 Å². The minimum atomic E-state index is -0.954. The van der Waals surface area contributed by atoms with Crippen molar-refractivity contribution in [3.63, 3.8) is 0 Å². The zero-order valence-electron chi connectivity index (χ0n) is 13.9. The van der Waals surface area contributed by atoms with E-state index in [1.807, 2.05) is 16.3 Å². The van der Waals surface area contributed by atoms with Gasteiger partial charge in [0.15, 0.2) is 0 Å². The summed E-state index contributed by atoms with van der Waals surface area (Å²) in [5.74, 6) is -0.795. The SMILES string of the molecule is Cc1c(C(=O)O)cnn1C1CCN(C(=O)CCc2cc(Cl)cs2)CC1. The van der Waals surface area contributed by atoms with Crippen LogP contribution < -0.4 is 0 Å². The number of carboxylic acids is 1. The molecule has 0 spiro atoms. The Hall–Kier alpha value is -1.86. The number of amides is 1. The number of rotatable bonds is 5. The van der Waals surface area contributed by atoms with Gasteiger partial charge in [-0.1, -0.05) is 11.6 Å². The first kappa shape index (κ1) is 17.9. The maximum atomic E-state index is 12.4. The molecule has 6 nitrogen and oxygen atoms in total. The second kappa shape index (κ2) is 7.58. The highest BCUT2D eigenvalue weighted by Crippen LogP contribution is 2.26. The van der Waals surface area contributed by atoms with Gasteiger partial charge in [-0.2, -0.15) is 5.10 Å². The van der Waals surface area contributed by atoms with Crippen molar-refractivity contribution < 1.29 is 14.7 Å². The number of aromatic nitrogens is 2. The van der Waals surface area contributed by atoms with Gasteiger partial charge in [0, 0.05) is 29.8 Å². The fraction of sp³-hybridized carbons (Fsp3) is 0.471. The molecule has 8 heteroatoms. The zero-order chi connectivity index (χ0) is 18.0. The van der Waals surface area contributed by atoms with Crippen molar-refractivity contribution in [3.8, 4) is 0 Å². The van der Waals surface area contributed by atoms with Crippen LogP contribution in [0.1, 0.15) is 46.2 Å². The Morgan fingerprint density at radius 2 is 2.12 bits per heavy atom. The van der Waals surface area contributed by atoms with Crippen molar-refractivity contribution in [2.24, 2.45) is 0 Å². The Morgan fingerprint density at radius 1 is 1.40 bits per heavy atom. The maximum absolute atomic E-state index is 12.4. The first-order valence-corrected chi connectivity index (χ1v) is 9.49. The first-order chi connectivity index (χ1) is 12.0. The Morgan fingerprint density at radius 3 is 2.68 bits per heavy atom. The summed E-state index contributed by atoms with van der Waals surface area (Å²) < 4.78 is 1.79. The summed E-state index contributed by atoms with van der Waals surface area (Å²) in [6.45, 7) is 3.13. The molecule has 1 N–H and O–H groups in total. The third-order valence-electron chi connectivity index (χ3n) is 4.65. The number of aromatic carboxylic acids is 1. The second-order valence-electron chi connectivity index (χ2n) is 6.24. The summed E-state index contributed by atoms with van der Waals surface area (Å²) in [6, 6.07) is 2.06. The van der Waals surface area contributed by atoms with Crippen molar-refractivity contribution in [2.45, 2.75) is 38.6 Å². The number of nitrogens with zero attached hydrogens (tertiary/aromatic N) is 3. The highest BCUT2D eigenvalue weighted by Gasteiger charge is 2.26. The molecule has 1 saturated heterocycles. The van der Waals surface area contributed by atoms with Crippen molar-refractivity contribution in [1.82, 2.24) is 14.7 Å². The Balaban J connectivity index is 1.53. The number of carbonyl (C=O) groups excluding carboxylic acids is 1. The van der Waals surface area contributed by atoms with Gasteiger partial charge in [0.25, 0.3) is 0 Å². The van der Waals surface area contributed by atoms with E-state index in [0.717, 1.165) is 29.2 Å². The molecular weight excluding hydrogens is 362 g/mol. The molecule has 0 unspecified atom stereocenters. The summed E-state index contributed by atoms with van der Waals surface area (Å²) in [5.41, 5.74) is 0.917. The summed E-state index contributed by atoms with van der Waals surface area (Å²) >= 11 is 7.48. The number of hydrogen-bond donors (Lipinski definition) is 1. The number of carboxylic acid groups (broad SMARTS) is 1. The number of halogens is 1. The van der Waals surface area contributed by atoms with E-state index in [9.17, 15) is 9.59 Å². The van der Waals surface area contributed by atoms with Crippen LogP contribution in [-0.2, 0) is 11.2 Å². The Kier molecular flexibility index (Phi) is 5.44. The quantitative estimate of drug-likeness (QED) is 0.861. The number of aryl methyl sites for hydroxylation is 1. The van der Waals surface area contributed by atoms with Crippen LogP contribution >= 0.6 is 22.9 Å². The molecule has 3 rings (SSSR count). The summed E-state index contributed by atoms with van der Waals surface area (Å²) in [5, 5.41) is 16.0. The number of thiophene rings is 1. The van der Waals surface area contributed by atoms with Crippen LogP contribution in [-0.4, -0.2) is 44.8 Å². The van der Waals surface area contributed by atoms with Crippen LogP contribution in [0.3, 0.4) is 0 Å². The van der Waals surface area contributed by atoms with Gasteiger partial charge in [0.2, 0.25) is 5.91 Å². The molecule has 0 bridgehead atoms. The summed E-state index contributed by atoms with van der Waals surface area (Å²) in [7, 11) is 0. The van der Waals surface area contributed by atoms with E-state index < -0.39 is 5.97 Å². The highest BCUT2D eigenvalue weighted by atomic mass is 35.5. The van der Waals surface area contributed by atoms with Gasteiger partial charge in [0.05, 0.1) is 23.0 Å². The van der Waals surface area contributed by atoms with Crippen LogP contribution in [0.4, 0.5) is 0 Å². The second-order valence-corrected chi connectivity index (χ2v) is 7.67. The lowest BCUT2D eigenvalue weighted by Gasteiger charge is -2.32. The molecule has 25 heavy (non-hydrogen) atoms. The van der Waals surface area contributed by atoms with E-state index >= 15 is 0 Å². The van der Waals surface area contributed by atoms with Crippen molar-refractivity contribution in [1.29, 1.82) is 0 Å². The highest BCUT2D eigenvalue weighted by molar-refractivity contribution is 7.10. The van der Waals surface area contributed by atoms with Crippen molar-refractivity contribution >= 4 is 34.8 Å². The van der Waals surface area contributed by atoms with Crippen molar-refractivity contribution in [2.75, 3.05) is 13.1 Å². The molecule has 3 heterocycles. The minimum Gasteiger partial charge on any atom is -0.478 e. The molecule has 1 aliphatic rings. The number of piperidine rings is 1. The van der Waals surface area contributed by atoms with Gasteiger partial charge in [-0.15, -0.1) is 11.3 Å². The predicted octanol–water partition coefficient (Wildman–Crippen LogP) is 3.40. The lowest BCUT2D eigenvalue weighted by molar-refractivity contribution is -0.132. The van der Waals surface area contributed by atoms with Gasteiger partial charge in [-0.3, -0.25) is 9.48 Å². The summed E-state index contributed by atoms with van der Waals surface area (Å²) in [4.78, 5) is 26.5. The van der Waals surface area contributed by atoms with Gasteiger partial charge < -0.3 is 10.0 Å². The van der Waals surface area contributed by atoms with Crippen LogP contribution in [0.25, 0.3) is 0 Å². The maximum Gasteiger partial charge on any atom is 0.339 e. The smallest absolute Gasteiger partial charge is 0.339 e.